The van der Waals surface area contributed by atoms with Crippen molar-refractivity contribution in [3.63, 3.8) is 0 Å². The Kier molecular flexibility index (Phi) is 3.85. The number of amides is 1. The van der Waals surface area contributed by atoms with Crippen molar-refractivity contribution in [1.29, 1.82) is 0 Å². The number of aryl methyl sites for hydroxylation is 1. The van der Waals surface area contributed by atoms with Crippen LogP contribution in [0.3, 0.4) is 0 Å². The van der Waals surface area contributed by atoms with E-state index < -0.39 is 0 Å². The summed E-state index contributed by atoms with van der Waals surface area (Å²) in [6, 6.07) is 7.32. The van der Waals surface area contributed by atoms with Gasteiger partial charge in [-0.2, -0.15) is 0 Å². The smallest absolute Gasteiger partial charge is 0.276 e. The summed E-state index contributed by atoms with van der Waals surface area (Å²) < 4.78 is 1.72. The molecule has 5 heteroatoms. The van der Waals surface area contributed by atoms with Crippen molar-refractivity contribution in [2.45, 2.75) is 13.3 Å². The van der Waals surface area contributed by atoms with Crippen LogP contribution in [-0.4, -0.2) is 22.0 Å². The van der Waals surface area contributed by atoms with Gasteiger partial charge in [-0.1, -0.05) is 6.92 Å². The highest BCUT2D eigenvalue weighted by Gasteiger charge is 2.19. The van der Waals surface area contributed by atoms with Crippen LogP contribution in [0.2, 0.25) is 0 Å². The predicted octanol–water partition coefficient (Wildman–Crippen LogP) is 2.06. The van der Waals surface area contributed by atoms with Crippen molar-refractivity contribution in [2.75, 3.05) is 17.2 Å². The Morgan fingerprint density at radius 3 is 2.58 bits per heavy atom. The monoisotopic (exact) mass is 258 g/mol. The van der Waals surface area contributed by atoms with Crippen molar-refractivity contribution in [2.24, 2.45) is 7.05 Å². The Balaban J connectivity index is 2.32. The van der Waals surface area contributed by atoms with Crippen LogP contribution in [0.4, 0.5) is 11.4 Å². The number of aromatic nitrogens is 2. The van der Waals surface area contributed by atoms with Crippen molar-refractivity contribution >= 4 is 17.3 Å². The molecule has 0 radical (unpaired) electrons. The Morgan fingerprint density at radius 1 is 1.37 bits per heavy atom. The molecule has 0 fully saturated rings. The number of imidazole rings is 1. The normalized spacial score (nSPS) is 10.4. The molecule has 1 amide bonds. The molecular formula is C14H18N4O. The van der Waals surface area contributed by atoms with Crippen LogP contribution >= 0.6 is 0 Å². The number of hydrogen-bond donors (Lipinski definition) is 1. The van der Waals surface area contributed by atoms with Gasteiger partial charge in [-0.3, -0.25) is 4.79 Å². The van der Waals surface area contributed by atoms with Crippen molar-refractivity contribution < 1.29 is 4.79 Å². The lowest BCUT2D eigenvalue weighted by Crippen LogP contribution is -2.32. The second-order valence-corrected chi connectivity index (χ2v) is 4.44. The lowest BCUT2D eigenvalue weighted by atomic mass is 10.2. The molecule has 0 aliphatic rings. The Morgan fingerprint density at radius 2 is 2.05 bits per heavy atom. The molecule has 1 aromatic carbocycles. The van der Waals surface area contributed by atoms with E-state index in [0.29, 0.717) is 17.9 Å². The summed E-state index contributed by atoms with van der Waals surface area (Å²) in [7, 11) is 1.81. The number of benzene rings is 1. The fourth-order valence-corrected chi connectivity index (χ4v) is 1.93. The SMILES string of the molecule is CCCN(C(=O)c1cncn1C)c1ccc(N)cc1. The standard InChI is InChI=1S/C14H18N4O/c1-3-8-18(12-6-4-11(15)5-7-12)14(19)13-9-16-10-17(13)2/h4-7,9-10H,3,8,15H2,1-2H3. The number of nitrogens with two attached hydrogens (primary N) is 1. The van der Waals surface area contributed by atoms with Gasteiger partial charge in [-0.25, -0.2) is 4.98 Å². The number of carbonyl (C=O) groups excluding carboxylic acids is 1. The Hall–Kier alpha value is -2.30. The first-order valence-electron chi connectivity index (χ1n) is 6.27. The van der Waals surface area contributed by atoms with Crippen LogP contribution in [0.25, 0.3) is 0 Å². The van der Waals surface area contributed by atoms with Crippen LogP contribution in [0, 0.1) is 0 Å². The van der Waals surface area contributed by atoms with E-state index in [2.05, 4.69) is 4.98 Å². The molecule has 100 valence electrons. The highest BCUT2D eigenvalue weighted by Crippen LogP contribution is 2.19. The molecule has 0 spiro atoms. The van der Waals surface area contributed by atoms with Crippen LogP contribution in [0.1, 0.15) is 23.8 Å². The minimum absolute atomic E-state index is 0.0494. The molecular weight excluding hydrogens is 240 g/mol. The van der Waals surface area contributed by atoms with E-state index in [1.54, 1.807) is 34.1 Å². The second kappa shape index (κ2) is 5.56. The average Bonchev–Trinajstić information content (AvgIpc) is 2.83. The van der Waals surface area contributed by atoms with Gasteiger partial charge in [-0.05, 0) is 30.7 Å². The molecule has 0 saturated heterocycles. The number of carbonyl (C=O) groups is 1. The lowest BCUT2D eigenvalue weighted by molar-refractivity contribution is 0.0979. The predicted molar refractivity (Wildman–Crippen MR) is 76.0 cm³/mol. The number of rotatable bonds is 4. The Labute approximate surface area is 112 Å². The third-order valence-corrected chi connectivity index (χ3v) is 2.93. The molecule has 2 N–H and O–H groups in total. The molecule has 0 bridgehead atoms. The van der Waals surface area contributed by atoms with E-state index >= 15 is 0 Å². The molecule has 0 aliphatic heterocycles. The molecule has 0 saturated carbocycles. The first-order chi connectivity index (χ1) is 9.13. The molecule has 1 heterocycles. The maximum absolute atomic E-state index is 12.5. The van der Waals surface area contributed by atoms with E-state index in [-0.39, 0.29) is 5.91 Å². The van der Waals surface area contributed by atoms with Gasteiger partial charge in [-0.15, -0.1) is 0 Å². The third kappa shape index (κ3) is 2.76. The van der Waals surface area contributed by atoms with Crippen molar-refractivity contribution in [1.82, 2.24) is 9.55 Å². The summed E-state index contributed by atoms with van der Waals surface area (Å²) in [4.78, 5) is 18.3. The fourth-order valence-electron chi connectivity index (χ4n) is 1.93. The van der Waals surface area contributed by atoms with E-state index in [9.17, 15) is 4.79 Å². The van der Waals surface area contributed by atoms with Crippen LogP contribution in [0.15, 0.2) is 36.8 Å². The van der Waals surface area contributed by atoms with Gasteiger partial charge in [0.1, 0.15) is 5.69 Å². The van der Waals surface area contributed by atoms with Crippen LogP contribution < -0.4 is 10.6 Å². The number of anilines is 2. The van der Waals surface area contributed by atoms with Gasteiger partial charge in [0.2, 0.25) is 0 Å². The highest BCUT2D eigenvalue weighted by atomic mass is 16.2. The highest BCUT2D eigenvalue weighted by molar-refractivity contribution is 6.04. The molecule has 0 unspecified atom stereocenters. The zero-order chi connectivity index (χ0) is 13.8. The van der Waals surface area contributed by atoms with Gasteiger partial charge < -0.3 is 15.2 Å². The molecule has 0 aliphatic carbocycles. The topological polar surface area (TPSA) is 64.2 Å². The second-order valence-electron chi connectivity index (χ2n) is 4.44. The zero-order valence-corrected chi connectivity index (χ0v) is 11.2. The third-order valence-electron chi connectivity index (χ3n) is 2.93. The van der Waals surface area contributed by atoms with Crippen LogP contribution in [-0.2, 0) is 7.05 Å². The molecule has 2 aromatic rings. The van der Waals surface area contributed by atoms with E-state index in [4.69, 9.17) is 5.73 Å². The van der Waals surface area contributed by atoms with Gasteiger partial charge in [0.15, 0.2) is 0 Å². The largest absolute Gasteiger partial charge is 0.399 e. The van der Waals surface area contributed by atoms with Gasteiger partial charge >= 0.3 is 0 Å². The van der Waals surface area contributed by atoms with E-state index in [1.165, 1.54) is 0 Å². The molecule has 1 aromatic heterocycles. The molecule has 5 nitrogen and oxygen atoms in total. The maximum atomic E-state index is 12.5. The minimum Gasteiger partial charge on any atom is -0.399 e. The molecule has 19 heavy (non-hydrogen) atoms. The number of nitrogen functional groups attached to an aromatic ring is 1. The summed E-state index contributed by atoms with van der Waals surface area (Å²) in [6.45, 7) is 2.70. The fraction of sp³-hybridized carbons (Fsp3) is 0.286. The number of nitrogens with zero attached hydrogens (tertiary/aromatic N) is 3. The van der Waals surface area contributed by atoms with Gasteiger partial charge in [0, 0.05) is 25.0 Å². The maximum Gasteiger partial charge on any atom is 0.276 e. The van der Waals surface area contributed by atoms with E-state index in [1.807, 2.05) is 26.1 Å². The first-order valence-corrected chi connectivity index (χ1v) is 6.27. The van der Waals surface area contributed by atoms with Crippen molar-refractivity contribution in [3.8, 4) is 0 Å². The summed E-state index contributed by atoms with van der Waals surface area (Å²) in [5.74, 6) is -0.0494. The van der Waals surface area contributed by atoms with E-state index in [0.717, 1.165) is 12.1 Å². The Bertz CT molecular complexity index is 559. The molecule has 0 atom stereocenters. The number of hydrogen-bond acceptors (Lipinski definition) is 3. The summed E-state index contributed by atoms with van der Waals surface area (Å²) >= 11 is 0. The van der Waals surface area contributed by atoms with Crippen LogP contribution in [0.5, 0.6) is 0 Å². The first kappa shape index (κ1) is 13.1. The minimum atomic E-state index is -0.0494. The average molecular weight is 258 g/mol. The lowest BCUT2D eigenvalue weighted by Gasteiger charge is -2.22. The quantitative estimate of drug-likeness (QED) is 0.854. The van der Waals surface area contributed by atoms with Gasteiger partial charge in [0.25, 0.3) is 5.91 Å². The van der Waals surface area contributed by atoms with Crippen molar-refractivity contribution in [3.05, 3.63) is 42.5 Å². The van der Waals surface area contributed by atoms with Gasteiger partial charge in [0.05, 0.1) is 12.5 Å². The molecule has 2 rings (SSSR count). The summed E-state index contributed by atoms with van der Waals surface area (Å²) in [5, 5.41) is 0. The zero-order valence-electron chi connectivity index (χ0n) is 11.2. The summed E-state index contributed by atoms with van der Waals surface area (Å²) in [6.07, 6.45) is 4.09. The summed E-state index contributed by atoms with van der Waals surface area (Å²) in [5.41, 5.74) is 7.79.